The molecular weight excluding hydrogens is 228 g/mol. The van der Waals surface area contributed by atoms with Crippen LogP contribution in [0.4, 0.5) is 5.69 Å². The lowest BCUT2D eigenvalue weighted by Gasteiger charge is -2.29. The second-order valence-electron chi connectivity index (χ2n) is 3.89. The van der Waals surface area contributed by atoms with Crippen LogP contribution in [-0.4, -0.2) is 23.6 Å². The molecule has 0 radical (unpaired) electrons. The largest absolute Gasteiger partial charge is 0.376 e. The first-order chi connectivity index (χ1) is 7.26. The highest BCUT2D eigenvalue weighted by Crippen LogP contribution is 2.32. The van der Waals surface area contributed by atoms with Crippen molar-refractivity contribution in [2.75, 3.05) is 23.4 Å². The molecule has 1 aliphatic rings. The topological polar surface area (TPSA) is 38.0 Å². The van der Waals surface area contributed by atoms with Crippen LogP contribution in [0.2, 0.25) is 5.02 Å². The minimum Gasteiger partial charge on any atom is -0.376 e. The first kappa shape index (κ1) is 11.1. The SMILES string of the molecule is NCC1(Nc2ccccc2Cl)CCSC1. The van der Waals surface area contributed by atoms with Gasteiger partial charge in [0.15, 0.2) is 0 Å². The molecule has 1 aromatic carbocycles. The van der Waals surface area contributed by atoms with Gasteiger partial charge in [-0.15, -0.1) is 0 Å². The van der Waals surface area contributed by atoms with E-state index in [0.29, 0.717) is 6.54 Å². The average Bonchev–Trinajstić information content (AvgIpc) is 2.71. The molecule has 82 valence electrons. The molecule has 1 fully saturated rings. The predicted octanol–water partition coefficient (Wildman–Crippen LogP) is 2.59. The fraction of sp³-hybridized carbons (Fsp3) is 0.455. The van der Waals surface area contributed by atoms with Gasteiger partial charge in [0.25, 0.3) is 0 Å². The number of thioether (sulfide) groups is 1. The lowest BCUT2D eigenvalue weighted by atomic mass is 9.99. The van der Waals surface area contributed by atoms with Gasteiger partial charge in [-0.1, -0.05) is 23.7 Å². The molecule has 0 aliphatic carbocycles. The molecule has 1 aromatic rings. The molecule has 1 atom stereocenters. The quantitative estimate of drug-likeness (QED) is 0.856. The molecule has 1 aliphatic heterocycles. The van der Waals surface area contributed by atoms with Crippen molar-refractivity contribution in [1.29, 1.82) is 0 Å². The Morgan fingerprint density at radius 3 is 2.87 bits per heavy atom. The number of hydrogen-bond acceptors (Lipinski definition) is 3. The molecule has 0 amide bonds. The van der Waals surface area contributed by atoms with Crippen LogP contribution in [0.1, 0.15) is 6.42 Å². The van der Waals surface area contributed by atoms with E-state index < -0.39 is 0 Å². The van der Waals surface area contributed by atoms with Gasteiger partial charge in [-0.3, -0.25) is 0 Å². The number of nitrogens with one attached hydrogen (secondary N) is 1. The van der Waals surface area contributed by atoms with Crippen LogP contribution in [0.3, 0.4) is 0 Å². The molecule has 1 saturated heterocycles. The van der Waals surface area contributed by atoms with E-state index in [-0.39, 0.29) is 5.54 Å². The molecule has 0 saturated carbocycles. The van der Waals surface area contributed by atoms with Gasteiger partial charge in [-0.2, -0.15) is 11.8 Å². The lowest BCUT2D eigenvalue weighted by molar-refractivity contribution is 0.537. The Morgan fingerprint density at radius 2 is 2.27 bits per heavy atom. The highest BCUT2D eigenvalue weighted by molar-refractivity contribution is 7.99. The standard InChI is InChI=1S/C11H15ClN2S/c12-9-3-1-2-4-10(9)14-11(7-13)5-6-15-8-11/h1-4,14H,5-8,13H2. The van der Waals surface area contributed by atoms with Crippen molar-refractivity contribution < 1.29 is 0 Å². The summed E-state index contributed by atoms with van der Waals surface area (Å²) in [4.78, 5) is 0. The molecule has 1 unspecified atom stereocenters. The van der Waals surface area contributed by atoms with Gasteiger partial charge in [0.1, 0.15) is 0 Å². The lowest BCUT2D eigenvalue weighted by Crippen LogP contribution is -2.45. The van der Waals surface area contributed by atoms with E-state index in [1.165, 1.54) is 5.75 Å². The maximum atomic E-state index is 6.11. The van der Waals surface area contributed by atoms with Gasteiger partial charge in [-0.05, 0) is 24.3 Å². The normalized spacial score (nSPS) is 25.5. The van der Waals surface area contributed by atoms with Gasteiger partial charge in [0, 0.05) is 12.3 Å². The van der Waals surface area contributed by atoms with E-state index in [1.807, 2.05) is 36.0 Å². The Morgan fingerprint density at radius 1 is 1.47 bits per heavy atom. The third kappa shape index (κ3) is 2.41. The molecule has 1 heterocycles. The summed E-state index contributed by atoms with van der Waals surface area (Å²) in [7, 11) is 0. The first-order valence-electron chi connectivity index (χ1n) is 5.06. The monoisotopic (exact) mass is 242 g/mol. The average molecular weight is 243 g/mol. The van der Waals surface area contributed by atoms with Crippen LogP contribution in [-0.2, 0) is 0 Å². The van der Waals surface area contributed by atoms with E-state index in [9.17, 15) is 0 Å². The summed E-state index contributed by atoms with van der Waals surface area (Å²) >= 11 is 8.06. The van der Waals surface area contributed by atoms with Gasteiger partial charge < -0.3 is 11.1 Å². The molecule has 15 heavy (non-hydrogen) atoms. The maximum Gasteiger partial charge on any atom is 0.0637 e. The van der Waals surface area contributed by atoms with Gasteiger partial charge in [-0.25, -0.2) is 0 Å². The van der Waals surface area contributed by atoms with Crippen molar-refractivity contribution in [2.24, 2.45) is 5.73 Å². The molecular formula is C11H15ClN2S. The molecule has 2 rings (SSSR count). The highest BCUT2D eigenvalue weighted by Gasteiger charge is 2.33. The Labute approximate surface area is 99.6 Å². The summed E-state index contributed by atoms with van der Waals surface area (Å²) in [6, 6.07) is 7.82. The summed E-state index contributed by atoms with van der Waals surface area (Å²) in [6.45, 7) is 0.658. The molecule has 2 nitrogen and oxygen atoms in total. The minimum absolute atomic E-state index is 0.0374. The third-order valence-corrected chi connectivity index (χ3v) is 4.35. The summed E-state index contributed by atoms with van der Waals surface area (Å²) in [6.07, 6.45) is 1.11. The summed E-state index contributed by atoms with van der Waals surface area (Å²) in [5.41, 5.74) is 6.88. The fourth-order valence-electron chi connectivity index (χ4n) is 1.77. The van der Waals surface area contributed by atoms with Crippen LogP contribution in [0, 0.1) is 0 Å². The first-order valence-corrected chi connectivity index (χ1v) is 6.60. The Kier molecular flexibility index (Phi) is 3.44. The van der Waals surface area contributed by atoms with Crippen molar-refractivity contribution in [2.45, 2.75) is 12.0 Å². The zero-order valence-electron chi connectivity index (χ0n) is 8.50. The Bertz CT molecular complexity index is 337. The van der Waals surface area contributed by atoms with E-state index in [0.717, 1.165) is 22.9 Å². The third-order valence-electron chi connectivity index (χ3n) is 2.77. The zero-order chi connectivity index (χ0) is 10.7. The molecule has 0 spiro atoms. The van der Waals surface area contributed by atoms with E-state index in [1.54, 1.807) is 0 Å². The summed E-state index contributed by atoms with van der Waals surface area (Å²) < 4.78 is 0. The number of nitrogens with two attached hydrogens (primary N) is 1. The minimum atomic E-state index is 0.0374. The van der Waals surface area contributed by atoms with Crippen LogP contribution in [0.15, 0.2) is 24.3 Å². The second kappa shape index (κ2) is 4.64. The summed E-state index contributed by atoms with van der Waals surface area (Å²) in [5, 5.41) is 4.26. The second-order valence-corrected chi connectivity index (χ2v) is 5.40. The Hall–Kier alpha value is -0.380. The van der Waals surface area contributed by atoms with Crippen LogP contribution in [0.5, 0.6) is 0 Å². The molecule has 4 heteroatoms. The van der Waals surface area contributed by atoms with Crippen molar-refractivity contribution in [3.63, 3.8) is 0 Å². The van der Waals surface area contributed by atoms with Gasteiger partial charge >= 0.3 is 0 Å². The fourth-order valence-corrected chi connectivity index (χ4v) is 3.35. The summed E-state index contributed by atoms with van der Waals surface area (Å²) in [5.74, 6) is 2.24. The van der Waals surface area contributed by atoms with E-state index in [4.69, 9.17) is 17.3 Å². The predicted molar refractivity (Wildman–Crippen MR) is 68.8 cm³/mol. The molecule has 0 aromatic heterocycles. The number of rotatable bonds is 3. The number of halogens is 1. The number of anilines is 1. The highest BCUT2D eigenvalue weighted by atomic mass is 35.5. The van der Waals surface area contributed by atoms with Crippen LogP contribution in [0.25, 0.3) is 0 Å². The van der Waals surface area contributed by atoms with Crippen molar-refractivity contribution in [1.82, 2.24) is 0 Å². The van der Waals surface area contributed by atoms with Gasteiger partial charge in [0.2, 0.25) is 0 Å². The van der Waals surface area contributed by atoms with Crippen molar-refractivity contribution in [3.05, 3.63) is 29.3 Å². The van der Waals surface area contributed by atoms with Crippen LogP contribution < -0.4 is 11.1 Å². The zero-order valence-corrected chi connectivity index (χ0v) is 10.1. The van der Waals surface area contributed by atoms with Crippen LogP contribution >= 0.6 is 23.4 Å². The van der Waals surface area contributed by atoms with Gasteiger partial charge in [0.05, 0.1) is 16.2 Å². The number of benzene rings is 1. The molecule has 0 bridgehead atoms. The van der Waals surface area contributed by atoms with Crippen molar-refractivity contribution >= 4 is 29.1 Å². The van der Waals surface area contributed by atoms with Crippen molar-refractivity contribution in [3.8, 4) is 0 Å². The number of hydrogen-bond donors (Lipinski definition) is 2. The smallest absolute Gasteiger partial charge is 0.0637 e. The van der Waals surface area contributed by atoms with E-state index in [2.05, 4.69) is 5.32 Å². The number of para-hydroxylation sites is 1. The molecule has 3 N–H and O–H groups in total. The maximum absolute atomic E-state index is 6.11. The van der Waals surface area contributed by atoms with E-state index >= 15 is 0 Å². The Balaban J connectivity index is 2.16.